The topological polar surface area (TPSA) is 70.9 Å². The van der Waals surface area contributed by atoms with Gasteiger partial charge in [-0.3, -0.25) is 0 Å². The molecule has 0 aliphatic carbocycles. The lowest BCUT2D eigenvalue weighted by Gasteiger charge is -2.17. The monoisotopic (exact) mass is 453 g/mol. The fourth-order valence-electron chi connectivity index (χ4n) is 3.67. The third kappa shape index (κ3) is 5.00. The van der Waals surface area contributed by atoms with E-state index in [0.29, 0.717) is 41.5 Å². The number of hydrogen-bond acceptors (Lipinski definition) is 4. The number of rotatable bonds is 9. The summed E-state index contributed by atoms with van der Waals surface area (Å²) in [5.41, 5.74) is 4.08. The molecular weight excluding hydrogens is 429 g/mol. The van der Waals surface area contributed by atoms with Gasteiger partial charge in [-0.2, -0.15) is 5.26 Å². The Morgan fingerprint density at radius 1 is 1.12 bits per heavy atom. The molecule has 0 amide bonds. The third-order valence-corrected chi connectivity index (χ3v) is 5.22. The van der Waals surface area contributed by atoms with Crippen LogP contribution in [0.25, 0.3) is 22.7 Å². The van der Waals surface area contributed by atoms with Gasteiger partial charge in [0.1, 0.15) is 24.3 Å². The van der Waals surface area contributed by atoms with Gasteiger partial charge in [0.05, 0.1) is 23.2 Å². The molecule has 0 spiro atoms. The number of imidazole rings is 1. The van der Waals surface area contributed by atoms with Crippen LogP contribution in [0.3, 0.4) is 0 Å². The Morgan fingerprint density at radius 3 is 2.65 bits per heavy atom. The van der Waals surface area contributed by atoms with Crippen molar-refractivity contribution in [2.24, 2.45) is 0 Å². The van der Waals surface area contributed by atoms with Crippen LogP contribution >= 0.6 is 0 Å². The molecule has 4 rings (SSSR count). The van der Waals surface area contributed by atoms with Gasteiger partial charge in [0.25, 0.3) is 0 Å². The summed E-state index contributed by atoms with van der Waals surface area (Å²) in [5.74, 6) is 1.22. The number of nitrogens with one attached hydrogen (secondary N) is 1. The number of fused-ring (bicyclic) bond motifs is 1. The summed E-state index contributed by atoms with van der Waals surface area (Å²) in [5, 5.41) is 9.82. The van der Waals surface area contributed by atoms with Crippen LogP contribution in [-0.4, -0.2) is 16.6 Å². The van der Waals surface area contributed by atoms with Crippen LogP contribution in [0.15, 0.2) is 73.3 Å². The second kappa shape index (κ2) is 10.5. The number of nitriles is 1. The Labute approximate surface area is 197 Å². The molecule has 1 heterocycles. The minimum Gasteiger partial charge on any atom is -0.490 e. The van der Waals surface area contributed by atoms with Crippen molar-refractivity contribution in [2.75, 3.05) is 6.61 Å². The molecule has 0 atom stereocenters. The Hall–Kier alpha value is -4.37. The summed E-state index contributed by atoms with van der Waals surface area (Å²) in [6.07, 6.45) is 4.04. The first-order valence-electron chi connectivity index (χ1n) is 11.0. The smallest absolute Gasteiger partial charge is 0.165 e. The van der Waals surface area contributed by atoms with Crippen LogP contribution in [0.1, 0.15) is 29.4 Å². The van der Waals surface area contributed by atoms with Crippen LogP contribution in [0, 0.1) is 17.1 Å². The van der Waals surface area contributed by atoms with Crippen molar-refractivity contribution in [2.45, 2.75) is 20.0 Å². The maximum atomic E-state index is 14.1. The summed E-state index contributed by atoms with van der Waals surface area (Å²) < 4.78 is 26.0. The highest BCUT2D eigenvalue weighted by Gasteiger charge is 2.15. The van der Waals surface area contributed by atoms with Crippen molar-refractivity contribution in [3.63, 3.8) is 0 Å². The number of halogens is 1. The molecule has 4 aromatic rings. The molecule has 0 saturated carbocycles. The Balaban J connectivity index is 1.73. The number of allylic oxidation sites excluding steroid dienone is 2. The van der Waals surface area contributed by atoms with E-state index < -0.39 is 0 Å². The van der Waals surface area contributed by atoms with Crippen molar-refractivity contribution in [1.29, 1.82) is 5.26 Å². The number of ether oxygens (including phenoxy) is 2. The highest BCUT2D eigenvalue weighted by Crippen LogP contribution is 2.36. The minimum atomic E-state index is -0.324. The molecular formula is C28H24FN3O2. The lowest BCUT2D eigenvalue weighted by Crippen LogP contribution is -2.04. The summed E-state index contributed by atoms with van der Waals surface area (Å²) in [7, 11) is 0. The Morgan fingerprint density at radius 2 is 1.91 bits per heavy atom. The Bertz CT molecular complexity index is 1370. The van der Waals surface area contributed by atoms with E-state index in [1.165, 1.54) is 6.07 Å². The van der Waals surface area contributed by atoms with E-state index in [0.717, 1.165) is 22.2 Å². The maximum Gasteiger partial charge on any atom is 0.165 e. The van der Waals surface area contributed by atoms with E-state index in [-0.39, 0.29) is 12.4 Å². The molecule has 0 aliphatic heterocycles. The second-order valence-electron chi connectivity index (χ2n) is 7.59. The minimum absolute atomic E-state index is 0.0640. The number of benzene rings is 3. The van der Waals surface area contributed by atoms with Crippen molar-refractivity contribution in [3.8, 4) is 17.6 Å². The highest BCUT2D eigenvalue weighted by atomic mass is 19.1. The average Bonchev–Trinajstić information content (AvgIpc) is 3.27. The van der Waals surface area contributed by atoms with E-state index in [1.807, 2.05) is 43.3 Å². The highest BCUT2D eigenvalue weighted by molar-refractivity contribution is 5.90. The molecule has 3 aromatic carbocycles. The predicted molar refractivity (Wildman–Crippen MR) is 132 cm³/mol. The normalized spacial score (nSPS) is 11.3. The lowest BCUT2D eigenvalue weighted by atomic mass is 10.0. The molecule has 0 fully saturated rings. The van der Waals surface area contributed by atoms with Gasteiger partial charge in [-0.25, -0.2) is 9.37 Å². The zero-order valence-electron chi connectivity index (χ0n) is 18.8. The third-order valence-electron chi connectivity index (χ3n) is 5.22. The summed E-state index contributed by atoms with van der Waals surface area (Å²) >= 11 is 0. The van der Waals surface area contributed by atoms with E-state index >= 15 is 0 Å². The molecule has 1 N–H and O–H groups in total. The summed E-state index contributed by atoms with van der Waals surface area (Å²) in [4.78, 5) is 7.72. The van der Waals surface area contributed by atoms with Crippen LogP contribution in [0.2, 0.25) is 0 Å². The van der Waals surface area contributed by atoms with Gasteiger partial charge < -0.3 is 14.5 Å². The van der Waals surface area contributed by atoms with Crippen LogP contribution in [0.4, 0.5) is 4.39 Å². The van der Waals surface area contributed by atoms with Gasteiger partial charge in [-0.05, 0) is 55.3 Å². The van der Waals surface area contributed by atoms with Crippen molar-refractivity contribution in [1.82, 2.24) is 9.97 Å². The summed E-state index contributed by atoms with van der Waals surface area (Å²) in [6, 6.07) is 20.1. The van der Waals surface area contributed by atoms with Gasteiger partial charge in [0, 0.05) is 11.1 Å². The molecule has 6 heteroatoms. The number of aromatic amines is 1. The molecule has 170 valence electrons. The zero-order valence-corrected chi connectivity index (χ0v) is 18.8. The first-order chi connectivity index (χ1) is 16.6. The first kappa shape index (κ1) is 22.8. The van der Waals surface area contributed by atoms with E-state index in [9.17, 15) is 9.65 Å². The van der Waals surface area contributed by atoms with Gasteiger partial charge in [-0.1, -0.05) is 36.4 Å². The standard InChI is InChI=1S/C28H24FN3O2/c1-3-9-20-14-19(15-22(17-30)28-31-24-12-7-8-13-25(24)32-28)16-26(33-4-2)27(20)34-18-21-10-5-6-11-23(21)29/h3,5-8,10-16H,1,4,9,18H2,2H3,(H,31,32)/b22-15+. The van der Waals surface area contributed by atoms with Gasteiger partial charge in [0.2, 0.25) is 0 Å². The van der Waals surface area contributed by atoms with Crippen LogP contribution in [-0.2, 0) is 13.0 Å². The van der Waals surface area contributed by atoms with E-state index in [1.54, 1.807) is 30.4 Å². The average molecular weight is 454 g/mol. The van der Waals surface area contributed by atoms with Gasteiger partial charge in [0.15, 0.2) is 11.5 Å². The molecule has 0 unspecified atom stereocenters. The number of hydrogen-bond donors (Lipinski definition) is 1. The number of para-hydroxylation sites is 2. The van der Waals surface area contributed by atoms with E-state index in [4.69, 9.17) is 9.47 Å². The quantitative estimate of drug-likeness (QED) is 0.233. The molecule has 1 aromatic heterocycles. The van der Waals surface area contributed by atoms with Crippen molar-refractivity contribution in [3.05, 3.63) is 102 Å². The molecule has 34 heavy (non-hydrogen) atoms. The summed E-state index contributed by atoms with van der Waals surface area (Å²) in [6.45, 7) is 6.21. The van der Waals surface area contributed by atoms with E-state index in [2.05, 4.69) is 22.6 Å². The van der Waals surface area contributed by atoms with Crippen molar-refractivity contribution < 1.29 is 13.9 Å². The molecule has 0 aliphatic rings. The van der Waals surface area contributed by atoms with Gasteiger partial charge in [-0.15, -0.1) is 6.58 Å². The SMILES string of the molecule is C=CCc1cc(/C=C(\C#N)c2nc3ccccc3[nH]2)cc(OCC)c1OCc1ccccc1F. The molecule has 0 radical (unpaired) electrons. The van der Waals surface area contributed by atoms with Crippen molar-refractivity contribution >= 4 is 22.7 Å². The number of H-pyrrole nitrogens is 1. The fourth-order valence-corrected chi connectivity index (χ4v) is 3.67. The lowest BCUT2D eigenvalue weighted by molar-refractivity contribution is 0.263. The fraction of sp³-hybridized carbons (Fsp3) is 0.143. The molecule has 0 saturated heterocycles. The van der Waals surface area contributed by atoms with Crippen LogP contribution in [0.5, 0.6) is 11.5 Å². The maximum absolute atomic E-state index is 14.1. The second-order valence-corrected chi connectivity index (χ2v) is 7.59. The Kier molecular flexibility index (Phi) is 7.04. The van der Waals surface area contributed by atoms with Crippen LogP contribution < -0.4 is 9.47 Å². The molecule has 0 bridgehead atoms. The predicted octanol–water partition coefficient (Wildman–Crippen LogP) is 6.47. The van der Waals surface area contributed by atoms with Gasteiger partial charge >= 0.3 is 0 Å². The largest absolute Gasteiger partial charge is 0.490 e. The molecule has 5 nitrogen and oxygen atoms in total. The number of aromatic nitrogens is 2. The number of nitrogens with zero attached hydrogens (tertiary/aromatic N) is 2. The zero-order chi connectivity index (χ0) is 23.9. The first-order valence-corrected chi connectivity index (χ1v) is 11.0.